The van der Waals surface area contributed by atoms with Gasteiger partial charge in [-0.2, -0.15) is 0 Å². The molecular formula is C6H2BrF2I2N. The molecule has 0 saturated carbocycles. The summed E-state index contributed by atoms with van der Waals surface area (Å²) in [5.74, 6) is 0. The highest BCUT2D eigenvalue weighted by Crippen LogP contribution is 2.31. The minimum Gasteiger partial charge on any atom is -0.247 e. The zero-order valence-corrected chi connectivity index (χ0v) is 11.4. The lowest BCUT2D eigenvalue weighted by Gasteiger charge is -2.06. The molecule has 0 aliphatic carbocycles. The molecule has 66 valence electrons. The van der Waals surface area contributed by atoms with Crippen molar-refractivity contribution in [3.63, 3.8) is 0 Å². The Hall–Kier alpha value is 0.950. The zero-order chi connectivity index (χ0) is 9.30. The summed E-state index contributed by atoms with van der Waals surface area (Å²) in [5, 5.41) is 0. The third-order valence-electron chi connectivity index (χ3n) is 1.18. The number of hydrogen-bond acceptors (Lipinski definition) is 1. The van der Waals surface area contributed by atoms with Crippen LogP contribution in [0.5, 0.6) is 0 Å². The van der Waals surface area contributed by atoms with Crippen LogP contribution in [0.25, 0.3) is 0 Å². The lowest BCUT2D eigenvalue weighted by Crippen LogP contribution is -1.96. The minimum atomic E-state index is -2.44. The molecule has 1 heterocycles. The maximum absolute atomic E-state index is 12.4. The molecule has 0 saturated heterocycles. The predicted molar refractivity (Wildman–Crippen MR) is 62.3 cm³/mol. The zero-order valence-electron chi connectivity index (χ0n) is 5.49. The van der Waals surface area contributed by atoms with E-state index in [9.17, 15) is 8.78 Å². The first-order valence-electron chi connectivity index (χ1n) is 2.81. The van der Waals surface area contributed by atoms with Crippen molar-refractivity contribution in [1.29, 1.82) is 0 Å². The first-order valence-corrected chi connectivity index (χ1v) is 5.76. The maximum Gasteiger partial charge on any atom is 0.266 e. The Morgan fingerprint density at radius 3 is 2.42 bits per heavy atom. The molecule has 0 atom stereocenters. The number of pyridine rings is 1. The van der Waals surface area contributed by atoms with Gasteiger partial charge in [-0.05, 0) is 61.1 Å². The van der Waals surface area contributed by atoms with Gasteiger partial charge in [0.15, 0.2) is 0 Å². The van der Waals surface area contributed by atoms with Gasteiger partial charge in [0.05, 0.1) is 3.57 Å². The smallest absolute Gasteiger partial charge is 0.247 e. The van der Waals surface area contributed by atoms with Crippen molar-refractivity contribution in [2.24, 2.45) is 0 Å². The Morgan fingerprint density at radius 2 is 2.00 bits per heavy atom. The van der Waals surface area contributed by atoms with Crippen molar-refractivity contribution in [2.75, 3.05) is 0 Å². The fraction of sp³-hybridized carbons (Fsp3) is 0.167. The minimum absolute atomic E-state index is 0.0538. The SMILES string of the molecule is FC(F)c1c(I)cnc(Br)c1I. The van der Waals surface area contributed by atoms with Gasteiger partial charge in [0.1, 0.15) is 4.60 Å². The predicted octanol–water partition coefficient (Wildman–Crippen LogP) is 3.99. The highest BCUT2D eigenvalue weighted by molar-refractivity contribution is 14.1. The summed E-state index contributed by atoms with van der Waals surface area (Å²) in [5.41, 5.74) is 0.0538. The van der Waals surface area contributed by atoms with Gasteiger partial charge in [0.25, 0.3) is 6.43 Å². The Balaban J connectivity index is 3.33. The molecule has 1 rings (SSSR count). The van der Waals surface area contributed by atoms with E-state index >= 15 is 0 Å². The summed E-state index contributed by atoms with van der Waals surface area (Å²) < 4.78 is 26.3. The molecule has 1 nitrogen and oxygen atoms in total. The quantitative estimate of drug-likeness (QED) is 0.457. The summed E-state index contributed by atoms with van der Waals surface area (Å²) in [6.07, 6.45) is -1.02. The normalized spacial score (nSPS) is 10.8. The summed E-state index contributed by atoms with van der Waals surface area (Å²) in [6, 6.07) is 0. The van der Waals surface area contributed by atoms with Gasteiger partial charge in [-0.1, -0.05) is 0 Å². The first-order chi connectivity index (χ1) is 5.54. The summed E-state index contributed by atoms with van der Waals surface area (Å²) in [7, 11) is 0. The van der Waals surface area contributed by atoms with E-state index in [0.29, 0.717) is 11.7 Å². The molecule has 0 aliphatic heterocycles. The molecule has 0 aliphatic rings. The highest BCUT2D eigenvalue weighted by atomic mass is 127. The standard InChI is InChI=1S/C6H2BrF2I2N/c7-5-4(11)3(6(8)9)2(10)1-12-5/h1,6H. The summed E-state index contributed by atoms with van der Waals surface area (Å²) in [6.45, 7) is 0. The van der Waals surface area contributed by atoms with Gasteiger partial charge in [0.2, 0.25) is 0 Å². The van der Waals surface area contributed by atoms with E-state index in [2.05, 4.69) is 20.9 Å². The van der Waals surface area contributed by atoms with Crippen LogP contribution < -0.4 is 0 Å². The highest BCUT2D eigenvalue weighted by Gasteiger charge is 2.17. The van der Waals surface area contributed by atoms with E-state index in [4.69, 9.17) is 0 Å². The van der Waals surface area contributed by atoms with Gasteiger partial charge < -0.3 is 0 Å². The molecule has 0 radical (unpaired) electrons. The molecule has 0 N–H and O–H groups in total. The van der Waals surface area contributed by atoms with E-state index < -0.39 is 6.43 Å². The molecule has 0 unspecified atom stereocenters. The molecule has 1 aromatic rings. The molecule has 0 bridgehead atoms. The topological polar surface area (TPSA) is 12.9 Å². The van der Waals surface area contributed by atoms with Gasteiger partial charge in [-0.15, -0.1) is 0 Å². The van der Waals surface area contributed by atoms with Crippen LogP contribution >= 0.6 is 61.1 Å². The summed E-state index contributed by atoms with van der Waals surface area (Å²) >= 11 is 6.79. The van der Waals surface area contributed by atoms with E-state index in [1.54, 1.807) is 0 Å². The van der Waals surface area contributed by atoms with Crippen LogP contribution in [0.2, 0.25) is 0 Å². The second kappa shape index (κ2) is 4.45. The van der Waals surface area contributed by atoms with E-state index in [1.165, 1.54) is 6.20 Å². The van der Waals surface area contributed by atoms with E-state index in [1.807, 2.05) is 45.2 Å². The van der Waals surface area contributed by atoms with Crippen LogP contribution in [0.3, 0.4) is 0 Å². The molecule has 0 fully saturated rings. The number of nitrogens with zero attached hydrogens (tertiary/aromatic N) is 1. The molecule has 0 aromatic carbocycles. The molecular weight excluding hydrogens is 458 g/mol. The average molecular weight is 460 g/mol. The number of hydrogen-bond donors (Lipinski definition) is 0. The second-order valence-electron chi connectivity index (χ2n) is 1.93. The van der Waals surface area contributed by atoms with Crippen molar-refractivity contribution in [3.8, 4) is 0 Å². The Morgan fingerprint density at radius 1 is 1.42 bits per heavy atom. The third-order valence-corrected chi connectivity index (χ3v) is 4.48. The van der Waals surface area contributed by atoms with Gasteiger partial charge in [0, 0.05) is 15.3 Å². The van der Waals surface area contributed by atoms with Gasteiger partial charge in [-0.3, -0.25) is 0 Å². The number of aromatic nitrogens is 1. The Bertz CT molecular complexity index is 306. The first kappa shape index (κ1) is 11.0. The average Bonchev–Trinajstić information content (AvgIpc) is 1.97. The third kappa shape index (κ3) is 2.25. The maximum atomic E-state index is 12.4. The van der Waals surface area contributed by atoms with Crippen LogP contribution in [-0.2, 0) is 0 Å². The van der Waals surface area contributed by atoms with Gasteiger partial charge in [-0.25, -0.2) is 13.8 Å². The van der Waals surface area contributed by atoms with Crippen LogP contribution in [0, 0.1) is 7.14 Å². The largest absolute Gasteiger partial charge is 0.266 e. The molecule has 0 amide bonds. The molecule has 0 spiro atoms. The van der Waals surface area contributed by atoms with Crippen molar-refractivity contribution >= 4 is 61.1 Å². The van der Waals surface area contributed by atoms with E-state index in [0.717, 1.165) is 0 Å². The number of halogens is 5. The molecule has 12 heavy (non-hydrogen) atoms. The fourth-order valence-corrected chi connectivity index (χ4v) is 2.80. The van der Waals surface area contributed by atoms with Crippen LogP contribution in [0.15, 0.2) is 10.8 Å². The monoisotopic (exact) mass is 459 g/mol. The van der Waals surface area contributed by atoms with Crippen LogP contribution in [0.1, 0.15) is 12.0 Å². The van der Waals surface area contributed by atoms with Crippen molar-refractivity contribution < 1.29 is 8.78 Å². The van der Waals surface area contributed by atoms with E-state index in [-0.39, 0.29) is 5.56 Å². The van der Waals surface area contributed by atoms with Crippen LogP contribution in [0.4, 0.5) is 8.78 Å². The Kier molecular flexibility index (Phi) is 4.09. The summed E-state index contributed by atoms with van der Waals surface area (Å²) in [4.78, 5) is 3.89. The van der Waals surface area contributed by atoms with Crippen molar-refractivity contribution in [3.05, 3.63) is 23.5 Å². The lowest BCUT2D eigenvalue weighted by atomic mass is 10.3. The van der Waals surface area contributed by atoms with Crippen molar-refractivity contribution in [2.45, 2.75) is 6.43 Å². The van der Waals surface area contributed by atoms with Crippen LogP contribution in [-0.4, -0.2) is 4.98 Å². The number of alkyl halides is 2. The molecule has 1 aromatic heterocycles. The number of rotatable bonds is 1. The van der Waals surface area contributed by atoms with Crippen molar-refractivity contribution in [1.82, 2.24) is 4.98 Å². The van der Waals surface area contributed by atoms with Gasteiger partial charge >= 0.3 is 0 Å². The Labute approximate surface area is 104 Å². The second-order valence-corrected chi connectivity index (χ2v) is 4.92. The lowest BCUT2D eigenvalue weighted by molar-refractivity contribution is 0.149. The molecule has 6 heteroatoms. The fourth-order valence-electron chi connectivity index (χ4n) is 0.656.